The van der Waals surface area contributed by atoms with Crippen LogP contribution in [-0.2, 0) is 31.5 Å². The van der Waals surface area contributed by atoms with Crippen molar-refractivity contribution >= 4 is 38.7 Å². The number of Topliss-reactive ketones (excluding diaryl/α,β-unsaturated/α-hetero) is 1. The number of morpholine rings is 1. The van der Waals surface area contributed by atoms with Gasteiger partial charge in [0, 0.05) is 13.1 Å². The van der Waals surface area contributed by atoms with Crippen molar-refractivity contribution in [3.05, 3.63) is 102 Å². The fourth-order valence-corrected chi connectivity index (χ4v) is 6.51. The van der Waals surface area contributed by atoms with Crippen molar-refractivity contribution in [2.75, 3.05) is 32.1 Å². The molecule has 2 N–H and O–H groups in total. The largest absolute Gasteiger partial charge is 0.434 e. The number of benzene rings is 3. The van der Waals surface area contributed by atoms with Crippen molar-refractivity contribution in [3.63, 3.8) is 0 Å². The van der Waals surface area contributed by atoms with E-state index in [1.807, 2.05) is 30.3 Å². The second-order valence-electron chi connectivity index (χ2n) is 10.6. The quantitative estimate of drug-likeness (QED) is 0.230. The van der Waals surface area contributed by atoms with Gasteiger partial charge in [-0.05, 0) is 36.1 Å². The fourth-order valence-electron chi connectivity index (χ4n) is 4.95. The Kier molecular flexibility index (Phi) is 10.0. The van der Waals surface area contributed by atoms with Gasteiger partial charge in [-0.3, -0.25) is 9.59 Å². The lowest BCUT2D eigenvalue weighted by atomic mass is 10.0. The molecule has 12 heteroatoms. The van der Waals surface area contributed by atoms with Crippen LogP contribution in [0.25, 0.3) is 11.1 Å². The van der Waals surface area contributed by atoms with Crippen molar-refractivity contribution < 1.29 is 32.0 Å². The zero-order valence-electron chi connectivity index (χ0n) is 24.1. The van der Waals surface area contributed by atoms with Crippen LogP contribution in [0, 0.1) is 0 Å². The number of aromatic nitrogens is 1. The second kappa shape index (κ2) is 14.3. The number of carbonyl (C=O) groups is 3. The van der Waals surface area contributed by atoms with Crippen LogP contribution in [-0.4, -0.2) is 80.2 Å². The van der Waals surface area contributed by atoms with Crippen molar-refractivity contribution in [2.24, 2.45) is 0 Å². The molecule has 0 saturated carbocycles. The van der Waals surface area contributed by atoms with Gasteiger partial charge in [-0.15, -0.1) is 0 Å². The topological polar surface area (TPSA) is 148 Å². The smallest absolute Gasteiger partial charge is 0.318 e. The summed E-state index contributed by atoms with van der Waals surface area (Å²) in [7, 11) is -3.87. The van der Waals surface area contributed by atoms with Crippen LogP contribution in [0.5, 0.6) is 0 Å². The van der Waals surface area contributed by atoms with Gasteiger partial charge in [-0.2, -0.15) is 0 Å². The molecule has 1 aliphatic rings. The van der Waals surface area contributed by atoms with Gasteiger partial charge in [0.15, 0.2) is 15.4 Å². The molecule has 44 heavy (non-hydrogen) atoms. The van der Waals surface area contributed by atoms with Gasteiger partial charge >= 0.3 is 6.03 Å². The molecule has 1 saturated heterocycles. The molecule has 1 fully saturated rings. The Labute approximate surface area is 255 Å². The van der Waals surface area contributed by atoms with Gasteiger partial charge in [0.1, 0.15) is 11.6 Å². The van der Waals surface area contributed by atoms with E-state index < -0.39 is 45.4 Å². The molecule has 230 valence electrons. The minimum absolute atomic E-state index is 0.171. The number of aryl methyl sites for hydroxylation is 1. The molecule has 0 unspecified atom stereocenters. The standard InChI is InChI=1S/C32H34N4O7S/c37-29(31-34-25-13-7-8-14-28(25)43-31)26(16-15-23-9-3-1-4-10-23)33-30(38)27(35-32(39)36-17-19-42-20-18-36)22-44(40,41)21-24-11-5-2-6-12-24/h1-14,26-27H,15-22H2,(H,33,38)(H,35,39)/t26-,27+/m1/s1. The van der Waals surface area contributed by atoms with Crippen LogP contribution in [0.4, 0.5) is 4.79 Å². The van der Waals surface area contributed by atoms with E-state index >= 15 is 0 Å². The molecule has 0 bridgehead atoms. The molecule has 2 atom stereocenters. The number of ether oxygens (including phenoxy) is 1. The molecule has 3 aromatic carbocycles. The van der Waals surface area contributed by atoms with Gasteiger partial charge in [0.2, 0.25) is 11.7 Å². The first-order valence-corrected chi connectivity index (χ1v) is 16.2. The lowest BCUT2D eigenvalue weighted by molar-refractivity contribution is -0.123. The van der Waals surface area contributed by atoms with Gasteiger partial charge in [-0.25, -0.2) is 18.2 Å². The minimum atomic E-state index is -3.87. The molecule has 2 heterocycles. The Morgan fingerprint density at radius 2 is 1.45 bits per heavy atom. The number of carbonyl (C=O) groups excluding carboxylic acids is 3. The third-order valence-corrected chi connectivity index (χ3v) is 8.88. The molecule has 0 spiro atoms. The van der Waals surface area contributed by atoms with Gasteiger partial charge in [0.25, 0.3) is 5.89 Å². The van der Waals surface area contributed by atoms with E-state index in [1.165, 1.54) is 4.90 Å². The van der Waals surface area contributed by atoms with Crippen LogP contribution < -0.4 is 10.6 Å². The second-order valence-corrected chi connectivity index (χ2v) is 12.7. The first kappa shape index (κ1) is 30.9. The summed E-state index contributed by atoms with van der Waals surface area (Å²) in [4.78, 5) is 46.3. The maximum atomic E-state index is 13.8. The van der Waals surface area contributed by atoms with Crippen molar-refractivity contribution in [1.82, 2.24) is 20.5 Å². The number of urea groups is 1. The van der Waals surface area contributed by atoms with Crippen LogP contribution in [0.15, 0.2) is 89.3 Å². The van der Waals surface area contributed by atoms with E-state index in [1.54, 1.807) is 54.6 Å². The highest BCUT2D eigenvalue weighted by Crippen LogP contribution is 2.18. The van der Waals surface area contributed by atoms with Crippen LogP contribution >= 0.6 is 0 Å². The van der Waals surface area contributed by atoms with E-state index in [9.17, 15) is 22.8 Å². The van der Waals surface area contributed by atoms with E-state index in [0.717, 1.165) is 5.56 Å². The molecule has 5 rings (SSSR count). The molecule has 1 aliphatic heterocycles. The average Bonchev–Trinajstić information content (AvgIpc) is 3.48. The molecule has 3 amide bonds. The lowest BCUT2D eigenvalue weighted by Crippen LogP contribution is -2.57. The molecule has 0 radical (unpaired) electrons. The summed E-state index contributed by atoms with van der Waals surface area (Å²) in [6.07, 6.45) is 0.628. The Bertz CT molecular complexity index is 1650. The Morgan fingerprint density at radius 1 is 0.818 bits per heavy atom. The Morgan fingerprint density at radius 3 is 2.14 bits per heavy atom. The number of rotatable bonds is 12. The number of amides is 3. The van der Waals surface area contributed by atoms with Crippen LogP contribution in [0.3, 0.4) is 0 Å². The number of hydrogen-bond acceptors (Lipinski definition) is 8. The van der Waals surface area contributed by atoms with E-state index in [0.29, 0.717) is 49.4 Å². The normalized spacial score (nSPS) is 15.0. The highest BCUT2D eigenvalue weighted by Gasteiger charge is 2.33. The van der Waals surface area contributed by atoms with Crippen LogP contribution in [0.1, 0.15) is 28.2 Å². The SMILES string of the molecule is O=C(N[C@H](CCc1ccccc1)C(=O)c1nc2ccccc2o1)[C@H](CS(=O)(=O)Cc1ccccc1)NC(=O)N1CCOCC1. The van der Waals surface area contributed by atoms with Gasteiger partial charge < -0.3 is 24.7 Å². The highest BCUT2D eigenvalue weighted by atomic mass is 32.2. The maximum Gasteiger partial charge on any atom is 0.318 e. The Hall–Kier alpha value is -4.55. The fraction of sp³-hybridized carbons (Fsp3) is 0.312. The number of nitrogens with zero attached hydrogens (tertiary/aromatic N) is 2. The number of hydrogen-bond donors (Lipinski definition) is 2. The number of oxazole rings is 1. The number of ketones is 1. The monoisotopic (exact) mass is 618 g/mol. The third kappa shape index (κ3) is 8.29. The number of nitrogens with one attached hydrogen (secondary N) is 2. The molecular formula is C32H34N4O7S. The predicted molar refractivity (Wildman–Crippen MR) is 164 cm³/mol. The zero-order valence-corrected chi connectivity index (χ0v) is 24.9. The average molecular weight is 619 g/mol. The summed E-state index contributed by atoms with van der Waals surface area (Å²) < 4.78 is 37.5. The van der Waals surface area contributed by atoms with Gasteiger partial charge in [0.05, 0.1) is 30.8 Å². The molecule has 0 aliphatic carbocycles. The zero-order chi connectivity index (χ0) is 30.9. The predicted octanol–water partition coefficient (Wildman–Crippen LogP) is 3.15. The number of para-hydroxylation sites is 2. The summed E-state index contributed by atoms with van der Waals surface area (Å²) in [6, 6.07) is 21.8. The lowest BCUT2D eigenvalue weighted by Gasteiger charge is -2.29. The number of fused-ring (bicyclic) bond motifs is 1. The Balaban J connectivity index is 1.38. The minimum Gasteiger partial charge on any atom is -0.434 e. The summed E-state index contributed by atoms with van der Waals surface area (Å²) in [6.45, 7) is 1.26. The molecule has 11 nitrogen and oxygen atoms in total. The van der Waals surface area contributed by atoms with E-state index in [4.69, 9.17) is 9.15 Å². The maximum absolute atomic E-state index is 13.8. The number of sulfone groups is 1. The van der Waals surface area contributed by atoms with Crippen molar-refractivity contribution in [1.29, 1.82) is 0 Å². The molecule has 1 aromatic heterocycles. The summed E-state index contributed by atoms with van der Waals surface area (Å²) >= 11 is 0. The first-order valence-electron chi connectivity index (χ1n) is 14.4. The van der Waals surface area contributed by atoms with Crippen molar-refractivity contribution in [3.8, 4) is 0 Å². The third-order valence-electron chi connectivity index (χ3n) is 7.26. The van der Waals surface area contributed by atoms with E-state index in [-0.39, 0.29) is 18.1 Å². The highest BCUT2D eigenvalue weighted by molar-refractivity contribution is 7.90. The van der Waals surface area contributed by atoms with Crippen molar-refractivity contribution in [2.45, 2.75) is 30.7 Å². The van der Waals surface area contributed by atoms with Gasteiger partial charge in [-0.1, -0.05) is 72.8 Å². The summed E-state index contributed by atoms with van der Waals surface area (Å²) in [5.41, 5.74) is 2.41. The van der Waals surface area contributed by atoms with Crippen LogP contribution in [0.2, 0.25) is 0 Å². The summed E-state index contributed by atoms with van der Waals surface area (Å²) in [5.74, 6) is -2.51. The van der Waals surface area contributed by atoms with E-state index in [2.05, 4.69) is 15.6 Å². The molecular weight excluding hydrogens is 584 g/mol. The molecule has 4 aromatic rings. The summed E-state index contributed by atoms with van der Waals surface area (Å²) in [5, 5.41) is 5.31. The first-order chi connectivity index (χ1) is 21.3.